The number of halogens is 2. The molecule has 3 rings (SSSR count). The van der Waals surface area contributed by atoms with Gasteiger partial charge in [-0.2, -0.15) is 0 Å². The number of benzene rings is 2. The summed E-state index contributed by atoms with van der Waals surface area (Å²) in [6.07, 6.45) is 1.47. The van der Waals surface area contributed by atoms with E-state index in [1.165, 1.54) is 30.5 Å². The number of carbonyl (C=O) groups is 1. The van der Waals surface area contributed by atoms with Crippen LogP contribution in [0.25, 0.3) is 0 Å². The maximum absolute atomic E-state index is 13.2. The van der Waals surface area contributed by atoms with Gasteiger partial charge in [-0.05, 0) is 55.3 Å². The van der Waals surface area contributed by atoms with Crippen LogP contribution in [-0.2, 0) is 0 Å². The number of aromatic nitrogens is 2. The van der Waals surface area contributed by atoms with Gasteiger partial charge < -0.3 is 10.6 Å². The Morgan fingerprint density at radius 2 is 1.96 bits per heavy atom. The number of nitrogens with one attached hydrogen (secondary N) is 2. The van der Waals surface area contributed by atoms with E-state index in [-0.39, 0.29) is 22.6 Å². The molecule has 3 aromatic rings. The number of aryl methyl sites for hydroxylation is 1. The molecule has 0 bridgehead atoms. The van der Waals surface area contributed by atoms with Gasteiger partial charge in [0.25, 0.3) is 5.91 Å². The molecule has 0 aliphatic carbocycles. The Kier molecular flexibility index (Phi) is 5.14. The first-order valence-corrected chi connectivity index (χ1v) is 8.24. The molecule has 0 aliphatic heterocycles. The van der Waals surface area contributed by atoms with Gasteiger partial charge in [0.2, 0.25) is 5.95 Å². The zero-order chi connectivity index (χ0) is 18.7. The van der Waals surface area contributed by atoms with Crippen molar-refractivity contribution in [2.75, 3.05) is 10.6 Å². The van der Waals surface area contributed by atoms with E-state index in [9.17, 15) is 9.18 Å². The molecule has 5 nitrogen and oxygen atoms in total. The fourth-order valence-corrected chi connectivity index (χ4v) is 2.50. The van der Waals surface area contributed by atoms with Gasteiger partial charge in [0.05, 0.1) is 5.02 Å². The highest BCUT2D eigenvalue weighted by molar-refractivity contribution is 6.31. The number of nitrogens with zero attached hydrogens (tertiary/aromatic N) is 2. The average molecular weight is 371 g/mol. The Morgan fingerprint density at radius 3 is 2.73 bits per heavy atom. The van der Waals surface area contributed by atoms with Gasteiger partial charge in [-0.3, -0.25) is 4.79 Å². The van der Waals surface area contributed by atoms with Crippen LogP contribution in [0, 0.1) is 19.7 Å². The summed E-state index contributed by atoms with van der Waals surface area (Å²) in [5.74, 6) is -0.651. The van der Waals surface area contributed by atoms with Crippen molar-refractivity contribution < 1.29 is 9.18 Å². The third-order valence-corrected chi connectivity index (χ3v) is 4.21. The van der Waals surface area contributed by atoms with Gasteiger partial charge >= 0.3 is 0 Å². The van der Waals surface area contributed by atoms with Gasteiger partial charge in [-0.15, -0.1) is 0 Å². The first kappa shape index (κ1) is 17.8. The first-order valence-electron chi connectivity index (χ1n) is 7.87. The number of carbonyl (C=O) groups excluding carboxylic acids is 1. The highest BCUT2D eigenvalue weighted by Gasteiger charge is 2.11. The molecule has 0 saturated carbocycles. The second kappa shape index (κ2) is 7.49. The van der Waals surface area contributed by atoms with Crippen LogP contribution < -0.4 is 10.6 Å². The van der Waals surface area contributed by atoms with Gasteiger partial charge in [-0.1, -0.05) is 23.7 Å². The van der Waals surface area contributed by atoms with Crippen LogP contribution in [0.5, 0.6) is 0 Å². The lowest BCUT2D eigenvalue weighted by Gasteiger charge is -2.11. The number of hydrogen-bond donors (Lipinski definition) is 2. The van der Waals surface area contributed by atoms with E-state index in [0.29, 0.717) is 5.69 Å². The summed E-state index contributed by atoms with van der Waals surface area (Å²) in [6.45, 7) is 3.92. The van der Waals surface area contributed by atoms with E-state index in [1.54, 1.807) is 0 Å². The predicted molar refractivity (Wildman–Crippen MR) is 101 cm³/mol. The third-order valence-electron chi connectivity index (χ3n) is 3.92. The zero-order valence-corrected chi connectivity index (χ0v) is 14.9. The second-order valence-electron chi connectivity index (χ2n) is 5.72. The molecule has 132 valence electrons. The predicted octanol–water partition coefficient (Wildman–Crippen LogP) is 4.88. The highest BCUT2D eigenvalue weighted by Crippen LogP contribution is 2.22. The smallest absolute Gasteiger partial charge is 0.274 e. The summed E-state index contributed by atoms with van der Waals surface area (Å²) >= 11 is 5.76. The quantitative estimate of drug-likeness (QED) is 0.686. The van der Waals surface area contributed by atoms with E-state index < -0.39 is 5.82 Å². The summed E-state index contributed by atoms with van der Waals surface area (Å²) in [4.78, 5) is 20.7. The van der Waals surface area contributed by atoms with E-state index in [2.05, 4.69) is 20.6 Å². The van der Waals surface area contributed by atoms with Crippen LogP contribution in [0.2, 0.25) is 5.02 Å². The van der Waals surface area contributed by atoms with Crippen LogP contribution in [0.15, 0.2) is 48.7 Å². The lowest BCUT2D eigenvalue weighted by atomic mass is 10.1. The molecule has 1 aromatic heterocycles. The van der Waals surface area contributed by atoms with Gasteiger partial charge in [-0.25, -0.2) is 14.4 Å². The number of anilines is 3. The Morgan fingerprint density at radius 1 is 1.15 bits per heavy atom. The van der Waals surface area contributed by atoms with Crippen LogP contribution in [0.4, 0.5) is 21.7 Å². The average Bonchev–Trinajstić information content (AvgIpc) is 2.62. The van der Waals surface area contributed by atoms with Crippen molar-refractivity contribution in [1.82, 2.24) is 9.97 Å². The monoisotopic (exact) mass is 370 g/mol. The Hall–Kier alpha value is -2.99. The second-order valence-corrected chi connectivity index (χ2v) is 6.13. The molecule has 0 spiro atoms. The number of hydrogen-bond acceptors (Lipinski definition) is 4. The van der Waals surface area contributed by atoms with Crippen LogP contribution in [-0.4, -0.2) is 15.9 Å². The minimum atomic E-state index is -0.514. The minimum Gasteiger partial charge on any atom is -0.324 e. The summed E-state index contributed by atoms with van der Waals surface area (Å²) in [5.41, 5.74) is 3.53. The Bertz CT molecular complexity index is 978. The van der Waals surface area contributed by atoms with Crippen molar-refractivity contribution in [3.05, 3.63) is 76.3 Å². The lowest BCUT2D eigenvalue weighted by molar-refractivity contribution is 0.102. The van der Waals surface area contributed by atoms with Crippen molar-refractivity contribution in [3.63, 3.8) is 0 Å². The van der Waals surface area contributed by atoms with Crippen LogP contribution in [0.1, 0.15) is 21.6 Å². The topological polar surface area (TPSA) is 66.9 Å². The molecule has 1 amide bonds. The van der Waals surface area contributed by atoms with E-state index in [0.717, 1.165) is 16.8 Å². The summed E-state index contributed by atoms with van der Waals surface area (Å²) in [6, 6.07) is 11.4. The number of amides is 1. The largest absolute Gasteiger partial charge is 0.324 e. The molecule has 0 fully saturated rings. The zero-order valence-electron chi connectivity index (χ0n) is 14.2. The van der Waals surface area contributed by atoms with Crippen molar-refractivity contribution in [3.8, 4) is 0 Å². The molecule has 0 saturated heterocycles. The maximum Gasteiger partial charge on any atom is 0.274 e. The standard InChI is InChI=1S/C19H16ClFN4O/c1-11-4-3-5-16(12(11)2)24-18(26)17-8-9-22-19(25-17)23-13-6-7-15(21)14(20)10-13/h3-10H,1-2H3,(H,24,26)(H,22,23,25). The molecule has 0 atom stereocenters. The van der Waals surface area contributed by atoms with Crippen molar-refractivity contribution >= 4 is 34.8 Å². The molecule has 0 aliphatic rings. The molecular formula is C19H16ClFN4O. The van der Waals surface area contributed by atoms with Crippen LogP contribution in [0.3, 0.4) is 0 Å². The van der Waals surface area contributed by atoms with Crippen molar-refractivity contribution in [1.29, 1.82) is 0 Å². The minimum absolute atomic E-state index is 0.0150. The fraction of sp³-hybridized carbons (Fsp3) is 0.105. The Balaban J connectivity index is 1.79. The molecular weight excluding hydrogens is 355 g/mol. The molecule has 0 unspecified atom stereocenters. The van der Waals surface area contributed by atoms with Crippen LogP contribution >= 0.6 is 11.6 Å². The lowest BCUT2D eigenvalue weighted by Crippen LogP contribution is -2.15. The number of rotatable bonds is 4. The van der Waals surface area contributed by atoms with E-state index in [1.807, 2.05) is 32.0 Å². The highest BCUT2D eigenvalue weighted by atomic mass is 35.5. The maximum atomic E-state index is 13.2. The van der Waals surface area contributed by atoms with E-state index in [4.69, 9.17) is 11.6 Å². The van der Waals surface area contributed by atoms with Crippen molar-refractivity contribution in [2.45, 2.75) is 13.8 Å². The summed E-state index contributed by atoms with van der Waals surface area (Å²) in [7, 11) is 0. The molecule has 0 radical (unpaired) electrons. The normalized spacial score (nSPS) is 10.5. The molecule has 7 heteroatoms. The molecule has 2 N–H and O–H groups in total. The Labute approximate surface area is 155 Å². The van der Waals surface area contributed by atoms with Gasteiger partial charge in [0.15, 0.2) is 0 Å². The summed E-state index contributed by atoms with van der Waals surface area (Å²) in [5, 5.41) is 5.73. The first-order chi connectivity index (χ1) is 12.4. The van der Waals surface area contributed by atoms with Crippen molar-refractivity contribution in [2.24, 2.45) is 0 Å². The van der Waals surface area contributed by atoms with E-state index >= 15 is 0 Å². The third kappa shape index (κ3) is 3.97. The molecule has 26 heavy (non-hydrogen) atoms. The van der Waals surface area contributed by atoms with Gasteiger partial charge in [0, 0.05) is 17.6 Å². The SMILES string of the molecule is Cc1cccc(NC(=O)c2ccnc(Nc3ccc(F)c(Cl)c3)n2)c1C. The van der Waals surface area contributed by atoms with Gasteiger partial charge in [0.1, 0.15) is 11.5 Å². The molecule has 1 heterocycles. The fourth-order valence-electron chi connectivity index (χ4n) is 2.32. The summed E-state index contributed by atoms with van der Waals surface area (Å²) < 4.78 is 13.2. The molecule has 2 aromatic carbocycles.